The summed E-state index contributed by atoms with van der Waals surface area (Å²) >= 11 is 1.52. The van der Waals surface area contributed by atoms with Gasteiger partial charge in [0.05, 0.1) is 4.88 Å². The van der Waals surface area contributed by atoms with Crippen LogP contribution in [-0.2, 0) is 6.54 Å². The van der Waals surface area contributed by atoms with Crippen molar-refractivity contribution in [3.63, 3.8) is 0 Å². The standard InChI is InChI=1S/C12H19N3OS/c1-8-5-15(6-9(8)2)7-10-3-4-11(17-10)12(16)14-13/h3-4,8-9H,5-7,13H2,1-2H3,(H,14,16). The predicted molar refractivity (Wildman–Crippen MR) is 69.6 cm³/mol. The van der Waals surface area contributed by atoms with Gasteiger partial charge in [-0.1, -0.05) is 13.8 Å². The number of hydrogen-bond donors (Lipinski definition) is 2. The average Bonchev–Trinajstić information content (AvgIpc) is 2.87. The summed E-state index contributed by atoms with van der Waals surface area (Å²) in [6.45, 7) is 7.84. The van der Waals surface area contributed by atoms with E-state index in [0.29, 0.717) is 4.88 Å². The first kappa shape index (κ1) is 12.5. The molecule has 2 rings (SSSR count). The monoisotopic (exact) mass is 253 g/mol. The van der Waals surface area contributed by atoms with Gasteiger partial charge >= 0.3 is 0 Å². The smallest absolute Gasteiger partial charge is 0.275 e. The molecule has 94 valence electrons. The molecule has 2 atom stereocenters. The summed E-state index contributed by atoms with van der Waals surface area (Å²) in [6, 6.07) is 3.86. The zero-order valence-electron chi connectivity index (χ0n) is 10.3. The van der Waals surface area contributed by atoms with Crippen LogP contribution in [0.3, 0.4) is 0 Å². The summed E-state index contributed by atoms with van der Waals surface area (Å²) in [5.41, 5.74) is 2.16. The van der Waals surface area contributed by atoms with Gasteiger partial charge in [-0.3, -0.25) is 15.1 Å². The van der Waals surface area contributed by atoms with Gasteiger partial charge in [0.15, 0.2) is 0 Å². The number of nitrogens with two attached hydrogens (primary N) is 1. The quantitative estimate of drug-likeness (QED) is 0.487. The number of thiophene rings is 1. The maximum atomic E-state index is 11.3. The Bertz CT molecular complexity index is 394. The highest BCUT2D eigenvalue weighted by molar-refractivity contribution is 7.14. The fourth-order valence-electron chi connectivity index (χ4n) is 2.25. The van der Waals surface area contributed by atoms with Gasteiger partial charge in [-0.2, -0.15) is 0 Å². The Hall–Kier alpha value is -0.910. The molecule has 2 unspecified atom stereocenters. The van der Waals surface area contributed by atoms with Crippen molar-refractivity contribution in [3.05, 3.63) is 21.9 Å². The summed E-state index contributed by atoms with van der Waals surface area (Å²) in [6.07, 6.45) is 0. The second kappa shape index (κ2) is 5.16. The maximum absolute atomic E-state index is 11.3. The van der Waals surface area contributed by atoms with Gasteiger partial charge in [-0.05, 0) is 24.0 Å². The molecule has 3 N–H and O–H groups in total. The molecule has 1 aliphatic rings. The molecule has 5 heteroatoms. The summed E-state index contributed by atoms with van der Waals surface area (Å²) in [4.78, 5) is 15.7. The molecule has 1 aromatic rings. The fraction of sp³-hybridized carbons (Fsp3) is 0.583. The van der Waals surface area contributed by atoms with Crippen LogP contribution in [0.2, 0.25) is 0 Å². The normalized spacial score (nSPS) is 25.1. The molecule has 0 saturated carbocycles. The van der Waals surface area contributed by atoms with E-state index in [9.17, 15) is 4.79 Å². The van der Waals surface area contributed by atoms with E-state index in [0.717, 1.165) is 31.5 Å². The second-order valence-corrected chi connectivity index (χ2v) is 6.06. The number of likely N-dealkylation sites (tertiary alicyclic amines) is 1. The van der Waals surface area contributed by atoms with Gasteiger partial charge in [-0.15, -0.1) is 11.3 Å². The molecule has 1 aromatic heterocycles. The molecule has 1 aliphatic heterocycles. The van der Waals surface area contributed by atoms with Gasteiger partial charge in [0.2, 0.25) is 0 Å². The Morgan fingerprint density at radius 3 is 2.71 bits per heavy atom. The van der Waals surface area contributed by atoms with Crippen molar-refractivity contribution in [2.45, 2.75) is 20.4 Å². The Kier molecular flexibility index (Phi) is 3.81. The summed E-state index contributed by atoms with van der Waals surface area (Å²) in [5, 5.41) is 0. The Labute approximate surface area is 106 Å². The molecular formula is C12H19N3OS. The highest BCUT2D eigenvalue weighted by Gasteiger charge is 2.26. The summed E-state index contributed by atoms with van der Waals surface area (Å²) < 4.78 is 0. The molecular weight excluding hydrogens is 234 g/mol. The van der Waals surface area contributed by atoms with E-state index < -0.39 is 0 Å². The lowest BCUT2D eigenvalue weighted by Gasteiger charge is -2.13. The van der Waals surface area contributed by atoms with Crippen LogP contribution in [0, 0.1) is 11.8 Å². The minimum Gasteiger partial charge on any atom is -0.298 e. The van der Waals surface area contributed by atoms with Crippen molar-refractivity contribution < 1.29 is 4.79 Å². The third-order valence-corrected chi connectivity index (χ3v) is 4.53. The SMILES string of the molecule is CC1CN(Cc2ccc(C(=O)NN)s2)CC1C. The highest BCUT2D eigenvalue weighted by Crippen LogP contribution is 2.25. The first-order chi connectivity index (χ1) is 8.10. The number of nitrogen functional groups attached to an aromatic ring is 1. The minimum atomic E-state index is -0.204. The molecule has 0 aromatic carbocycles. The molecule has 4 nitrogen and oxygen atoms in total. The van der Waals surface area contributed by atoms with Crippen molar-refractivity contribution in [1.29, 1.82) is 0 Å². The Balaban J connectivity index is 1.96. The Morgan fingerprint density at radius 2 is 2.12 bits per heavy atom. The second-order valence-electron chi connectivity index (χ2n) is 4.89. The maximum Gasteiger partial charge on any atom is 0.275 e. The first-order valence-corrected chi connectivity index (χ1v) is 6.73. The van der Waals surface area contributed by atoms with E-state index in [4.69, 9.17) is 5.84 Å². The van der Waals surface area contributed by atoms with Gasteiger partial charge in [0, 0.05) is 24.5 Å². The number of hydrogen-bond acceptors (Lipinski definition) is 4. The van der Waals surface area contributed by atoms with E-state index in [2.05, 4.69) is 24.2 Å². The number of amides is 1. The van der Waals surface area contributed by atoms with E-state index in [1.54, 1.807) is 0 Å². The van der Waals surface area contributed by atoms with Crippen molar-refractivity contribution in [1.82, 2.24) is 10.3 Å². The molecule has 0 bridgehead atoms. The van der Waals surface area contributed by atoms with Crippen molar-refractivity contribution in [2.75, 3.05) is 13.1 Å². The average molecular weight is 253 g/mol. The van der Waals surface area contributed by atoms with Crippen LogP contribution in [-0.4, -0.2) is 23.9 Å². The van der Waals surface area contributed by atoms with E-state index in [1.165, 1.54) is 16.2 Å². The zero-order chi connectivity index (χ0) is 12.4. The van der Waals surface area contributed by atoms with Crippen LogP contribution in [0.25, 0.3) is 0 Å². The van der Waals surface area contributed by atoms with Crippen molar-refractivity contribution in [2.24, 2.45) is 17.7 Å². The van der Waals surface area contributed by atoms with Crippen LogP contribution >= 0.6 is 11.3 Å². The lowest BCUT2D eigenvalue weighted by atomic mass is 10.0. The van der Waals surface area contributed by atoms with Gasteiger partial charge in [-0.25, -0.2) is 5.84 Å². The fourth-order valence-corrected chi connectivity index (χ4v) is 3.21. The minimum absolute atomic E-state index is 0.204. The van der Waals surface area contributed by atoms with E-state index in [1.807, 2.05) is 12.1 Å². The number of carbonyl (C=O) groups excluding carboxylic acids is 1. The Morgan fingerprint density at radius 1 is 1.47 bits per heavy atom. The van der Waals surface area contributed by atoms with Crippen molar-refractivity contribution >= 4 is 17.2 Å². The van der Waals surface area contributed by atoms with Crippen LogP contribution in [0.4, 0.5) is 0 Å². The largest absolute Gasteiger partial charge is 0.298 e. The number of hydrazine groups is 1. The molecule has 0 aliphatic carbocycles. The molecule has 2 heterocycles. The lowest BCUT2D eigenvalue weighted by Crippen LogP contribution is -2.29. The topological polar surface area (TPSA) is 58.4 Å². The van der Waals surface area contributed by atoms with Crippen molar-refractivity contribution in [3.8, 4) is 0 Å². The van der Waals surface area contributed by atoms with E-state index >= 15 is 0 Å². The molecule has 1 fully saturated rings. The van der Waals surface area contributed by atoms with Crippen LogP contribution in [0.15, 0.2) is 12.1 Å². The van der Waals surface area contributed by atoms with Crippen LogP contribution in [0.5, 0.6) is 0 Å². The number of nitrogens with one attached hydrogen (secondary N) is 1. The van der Waals surface area contributed by atoms with E-state index in [-0.39, 0.29) is 5.91 Å². The highest BCUT2D eigenvalue weighted by atomic mass is 32.1. The predicted octanol–water partition coefficient (Wildman–Crippen LogP) is 1.44. The first-order valence-electron chi connectivity index (χ1n) is 5.92. The number of carbonyl (C=O) groups is 1. The van der Waals surface area contributed by atoms with Crippen LogP contribution < -0.4 is 11.3 Å². The third-order valence-electron chi connectivity index (χ3n) is 3.46. The molecule has 0 spiro atoms. The lowest BCUT2D eigenvalue weighted by molar-refractivity contribution is 0.0957. The summed E-state index contributed by atoms with van der Waals surface area (Å²) in [5.74, 6) is 6.44. The van der Waals surface area contributed by atoms with Gasteiger partial charge in [0.1, 0.15) is 0 Å². The number of rotatable bonds is 3. The zero-order valence-corrected chi connectivity index (χ0v) is 11.1. The van der Waals surface area contributed by atoms with Gasteiger partial charge < -0.3 is 0 Å². The molecule has 1 saturated heterocycles. The third kappa shape index (κ3) is 2.86. The molecule has 0 radical (unpaired) electrons. The van der Waals surface area contributed by atoms with Crippen LogP contribution in [0.1, 0.15) is 28.4 Å². The van der Waals surface area contributed by atoms with Gasteiger partial charge in [0.25, 0.3) is 5.91 Å². The molecule has 1 amide bonds. The molecule has 17 heavy (non-hydrogen) atoms. The number of nitrogens with zero attached hydrogens (tertiary/aromatic N) is 1. The summed E-state index contributed by atoms with van der Waals surface area (Å²) in [7, 11) is 0.